The van der Waals surface area contributed by atoms with Crippen LogP contribution in [0.4, 0.5) is 0 Å². The molecule has 1 aromatic rings. The summed E-state index contributed by atoms with van der Waals surface area (Å²) in [5.41, 5.74) is 1.34. The van der Waals surface area contributed by atoms with E-state index in [9.17, 15) is 5.11 Å². The molecular formula is C15H20O4Se. The van der Waals surface area contributed by atoms with Crippen LogP contribution in [0.3, 0.4) is 0 Å². The molecular weight excluding hydrogens is 323 g/mol. The summed E-state index contributed by atoms with van der Waals surface area (Å²) in [5, 5.41) is 12.2. The summed E-state index contributed by atoms with van der Waals surface area (Å²) in [6.07, 6.45) is -1.51. The Hall–Kier alpha value is -0.421. The molecule has 0 aromatic heterocycles. The second-order valence-electron chi connectivity index (χ2n) is 5.63. The third kappa shape index (κ3) is 3.08. The SMILES string of the molecule is CC1(C)O[C@H]2O[C@H](C[Se]Cc3ccccc3)[C@H](O)[C@H]2O1. The molecule has 1 N–H and O–H groups in total. The van der Waals surface area contributed by atoms with Crippen LogP contribution >= 0.6 is 0 Å². The zero-order valence-corrected chi connectivity index (χ0v) is 13.4. The van der Waals surface area contributed by atoms with Crippen molar-refractivity contribution in [3.05, 3.63) is 35.9 Å². The second-order valence-corrected chi connectivity index (χ2v) is 7.80. The normalized spacial score (nSPS) is 35.1. The molecule has 2 aliphatic heterocycles. The van der Waals surface area contributed by atoms with E-state index in [1.165, 1.54) is 5.56 Å². The average Bonchev–Trinajstić information content (AvgIpc) is 2.86. The number of hydrogen-bond donors (Lipinski definition) is 1. The molecule has 2 heterocycles. The molecule has 2 aliphatic rings. The van der Waals surface area contributed by atoms with E-state index in [1.54, 1.807) is 0 Å². The van der Waals surface area contributed by atoms with Gasteiger partial charge >= 0.3 is 125 Å². The summed E-state index contributed by atoms with van der Waals surface area (Å²) in [6.45, 7) is 3.69. The van der Waals surface area contributed by atoms with E-state index >= 15 is 0 Å². The Labute approximate surface area is 125 Å². The van der Waals surface area contributed by atoms with Gasteiger partial charge in [0.25, 0.3) is 0 Å². The van der Waals surface area contributed by atoms with Crippen molar-refractivity contribution in [1.29, 1.82) is 0 Å². The zero-order chi connectivity index (χ0) is 14.2. The monoisotopic (exact) mass is 344 g/mol. The zero-order valence-electron chi connectivity index (χ0n) is 11.7. The van der Waals surface area contributed by atoms with Gasteiger partial charge in [0.15, 0.2) is 0 Å². The van der Waals surface area contributed by atoms with E-state index in [-0.39, 0.29) is 12.2 Å². The van der Waals surface area contributed by atoms with Gasteiger partial charge in [-0.15, -0.1) is 0 Å². The Kier molecular flexibility index (Phi) is 4.18. The Bertz CT molecular complexity index is 450. The van der Waals surface area contributed by atoms with E-state index in [0.29, 0.717) is 15.0 Å². The Morgan fingerprint density at radius 2 is 1.95 bits per heavy atom. The van der Waals surface area contributed by atoms with Crippen LogP contribution in [0, 0.1) is 0 Å². The van der Waals surface area contributed by atoms with Gasteiger partial charge in [0.2, 0.25) is 0 Å². The van der Waals surface area contributed by atoms with E-state index in [2.05, 4.69) is 24.3 Å². The van der Waals surface area contributed by atoms with Gasteiger partial charge < -0.3 is 0 Å². The molecule has 2 fully saturated rings. The maximum absolute atomic E-state index is 10.3. The van der Waals surface area contributed by atoms with Crippen LogP contribution in [-0.4, -0.2) is 50.5 Å². The van der Waals surface area contributed by atoms with Gasteiger partial charge in [-0.1, -0.05) is 0 Å². The summed E-state index contributed by atoms with van der Waals surface area (Å²) >= 11 is 0.404. The van der Waals surface area contributed by atoms with Crippen LogP contribution in [0.1, 0.15) is 19.4 Å². The summed E-state index contributed by atoms with van der Waals surface area (Å²) in [5.74, 6) is -0.656. The molecule has 0 aliphatic carbocycles. The van der Waals surface area contributed by atoms with Crippen LogP contribution < -0.4 is 0 Å². The second kappa shape index (κ2) is 5.76. The Balaban J connectivity index is 1.49. The summed E-state index contributed by atoms with van der Waals surface area (Å²) in [4.78, 5) is 0. The molecule has 0 radical (unpaired) electrons. The molecule has 0 bridgehead atoms. The summed E-state index contributed by atoms with van der Waals surface area (Å²) < 4.78 is 17.1. The van der Waals surface area contributed by atoms with Crippen molar-refractivity contribution < 1.29 is 19.3 Å². The molecule has 20 heavy (non-hydrogen) atoms. The first-order valence-electron chi connectivity index (χ1n) is 6.86. The molecule has 110 valence electrons. The van der Waals surface area contributed by atoms with Crippen molar-refractivity contribution in [2.75, 3.05) is 0 Å². The fraction of sp³-hybridized carbons (Fsp3) is 0.600. The quantitative estimate of drug-likeness (QED) is 0.843. The molecule has 2 saturated heterocycles. The molecule has 0 amide bonds. The molecule has 4 atom stereocenters. The third-order valence-corrected chi connectivity index (χ3v) is 5.82. The van der Waals surface area contributed by atoms with Gasteiger partial charge in [0.1, 0.15) is 0 Å². The van der Waals surface area contributed by atoms with E-state index in [4.69, 9.17) is 14.2 Å². The molecule has 0 unspecified atom stereocenters. The number of aliphatic hydroxyl groups is 1. The van der Waals surface area contributed by atoms with Gasteiger partial charge in [0.05, 0.1) is 0 Å². The fourth-order valence-electron chi connectivity index (χ4n) is 2.56. The van der Waals surface area contributed by atoms with Crippen molar-refractivity contribution in [3.63, 3.8) is 0 Å². The van der Waals surface area contributed by atoms with E-state index in [0.717, 1.165) is 10.6 Å². The van der Waals surface area contributed by atoms with Crippen LogP contribution in [0.5, 0.6) is 0 Å². The van der Waals surface area contributed by atoms with Crippen molar-refractivity contribution >= 4 is 15.0 Å². The predicted octanol–water partition coefficient (Wildman–Crippen LogP) is 1.55. The van der Waals surface area contributed by atoms with Crippen LogP contribution in [0.25, 0.3) is 0 Å². The minimum absolute atomic E-state index is 0.162. The summed E-state index contributed by atoms with van der Waals surface area (Å²) in [7, 11) is 0. The van der Waals surface area contributed by atoms with Crippen LogP contribution in [0.15, 0.2) is 30.3 Å². The standard InChI is InChI=1S/C15H20O4Se/c1-15(2)18-13-12(16)11(17-14(13)19-15)9-20-8-10-6-4-3-5-7-10/h3-7,11-14,16H,8-9H2,1-2H3/t11-,12+,13-,14-/m1/s1. The molecule has 5 heteroatoms. The number of rotatable bonds is 4. The number of fused-ring (bicyclic) bond motifs is 1. The topological polar surface area (TPSA) is 47.9 Å². The van der Waals surface area contributed by atoms with E-state index in [1.807, 2.05) is 19.9 Å². The number of benzene rings is 1. The first-order valence-corrected chi connectivity index (χ1v) is 9.28. The predicted molar refractivity (Wildman–Crippen MR) is 75.4 cm³/mol. The van der Waals surface area contributed by atoms with Crippen LogP contribution in [-0.2, 0) is 19.5 Å². The minimum atomic E-state index is -0.656. The van der Waals surface area contributed by atoms with Gasteiger partial charge in [-0.25, -0.2) is 0 Å². The number of ether oxygens (including phenoxy) is 3. The first kappa shape index (κ1) is 14.5. The van der Waals surface area contributed by atoms with Crippen LogP contribution in [0.2, 0.25) is 5.32 Å². The number of hydrogen-bond acceptors (Lipinski definition) is 4. The van der Waals surface area contributed by atoms with Crippen molar-refractivity contribution in [3.8, 4) is 0 Å². The van der Waals surface area contributed by atoms with Gasteiger partial charge in [-0.2, -0.15) is 0 Å². The van der Waals surface area contributed by atoms with Gasteiger partial charge in [-0.05, 0) is 0 Å². The van der Waals surface area contributed by atoms with Gasteiger partial charge in [0, 0.05) is 0 Å². The first-order chi connectivity index (χ1) is 9.55. The number of aliphatic hydroxyl groups excluding tert-OH is 1. The molecule has 1 aromatic carbocycles. The third-order valence-electron chi connectivity index (χ3n) is 3.51. The molecule has 4 nitrogen and oxygen atoms in total. The molecule has 3 rings (SSSR count). The van der Waals surface area contributed by atoms with Crippen molar-refractivity contribution in [2.45, 2.75) is 54.9 Å². The van der Waals surface area contributed by atoms with Crippen molar-refractivity contribution in [2.24, 2.45) is 0 Å². The Morgan fingerprint density at radius 3 is 2.65 bits per heavy atom. The van der Waals surface area contributed by atoms with Crippen molar-refractivity contribution in [1.82, 2.24) is 0 Å². The molecule has 0 spiro atoms. The maximum atomic E-state index is 10.3. The van der Waals surface area contributed by atoms with Gasteiger partial charge in [-0.3, -0.25) is 0 Å². The average molecular weight is 343 g/mol. The molecule has 0 saturated carbocycles. The fourth-order valence-corrected chi connectivity index (χ4v) is 4.77. The Morgan fingerprint density at radius 1 is 1.20 bits per heavy atom. The van der Waals surface area contributed by atoms with E-state index < -0.39 is 18.2 Å². The summed E-state index contributed by atoms with van der Waals surface area (Å²) in [6, 6.07) is 10.4.